The lowest BCUT2D eigenvalue weighted by molar-refractivity contribution is 0.630. The van der Waals surface area contributed by atoms with Crippen LogP contribution in [0.15, 0.2) is 36.0 Å². The van der Waals surface area contributed by atoms with Crippen LogP contribution >= 0.6 is 11.3 Å². The highest BCUT2D eigenvalue weighted by Crippen LogP contribution is 2.14. The summed E-state index contributed by atoms with van der Waals surface area (Å²) in [6, 6.07) is 6.64. The summed E-state index contributed by atoms with van der Waals surface area (Å²) in [7, 11) is 0. The molecule has 1 N–H and O–H groups in total. The summed E-state index contributed by atoms with van der Waals surface area (Å²) in [6.45, 7) is 0.617. The van der Waals surface area contributed by atoms with Crippen molar-refractivity contribution in [2.24, 2.45) is 0 Å². The van der Waals surface area contributed by atoms with Crippen molar-refractivity contribution in [1.82, 2.24) is 4.98 Å². The second-order valence-electron chi connectivity index (χ2n) is 2.80. The number of nitrogens with zero attached hydrogens (tertiary/aromatic N) is 1. The van der Waals surface area contributed by atoms with E-state index in [-0.39, 0.29) is 5.82 Å². The minimum Gasteiger partial charge on any atom is -0.378 e. The molecule has 0 saturated carbocycles. The smallest absolute Gasteiger partial charge is 0.146 e. The maximum Gasteiger partial charge on any atom is 0.146 e. The number of rotatable bonds is 3. The van der Waals surface area contributed by atoms with Crippen LogP contribution in [0.3, 0.4) is 0 Å². The van der Waals surface area contributed by atoms with E-state index < -0.39 is 0 Å². The molecule has 0 atom stereocenters. The van der Waals surface area contributed by atoms with Crippen molar-refractivity contribution < 1.29 is 4.39 Å². The molecule has 2 rings (SSSR count). The van der Waals surface area contributed by atoms with Gasteiger partial charge in [0.15, 0.2) is 0 Å². The minimum absolute atomic E-state index is 0.225. The molecule has 1 heterocycles. The number of aromatic nitrogens is 1. The van der Waals surface area contributed by atoms with Crippen molar-refractivity contribution >= 4 is 17.0 Å². The molecule has 0 radical (unpaired) electrons. The molecule has 0 bridgehead atoms. The summed E-state index contributed by atoms with van der Waals surface area (Å²) in [6.07, 6.45) is 1.78. The third-order valence-corrected chi connectivity index (χ3v) is 2.59. The predicted molar refractivity (Wildman–Crippen MR) is 55.8 cm³/mol. The molecule has 72 valence electrons. The summed E-state index contributed by atoms with van der Waals surface area (Å²) in [5.41, 5.74) is 2.29. The van der Waals surface area contributed by atoms with Crippen LogP contribution in [0.5, 0.6) is 0 Å². The molecule has 2 aromatic rings. The van der Waals surface area contributed by atoms with Gasteiger partial charge >= 0.3 is 0 Å². The maximum absolute atomic E-state index is 13.1. The van der Waals surface area contributed by atoms with Gasteiger partial charge in [0.05, 0.1) is 17.7 Å². The summed E-state index contributed by atoms with van der Waals surface area (Å²) < 4.78 is 13.1. The Balaban J connectivity index is 2.02. The average Bonchev–Trinajstić information content (AvgIpc) is 2.69. The van der Waals surface area contributed by atoms with E-state index in [0.29, 0.717) is 12.2 Å². The first-order chi connectivity index (χ1) is 6.86. The molecule has 0 saturated heterocycles. The Hall–Kier alpha value is -1.42. The molecule has 0 amide bonds. The van der Waals surface area contributed by atoms with Crippen LogP contribution in [-0.4, -0.2) is 4.98 Å². The van der Waals surface area contributed by atoms with E-state index in [1.807, 2.05) is 0 Å². The Morgan fingerprint density at radius 1 is 1.36 bits per heavy atom. The lowest BCUT2D eigenvalue weighted by atomic mass is 10.3. The maximum atomic E-state index is 13.1. The number of para-hydroxylation sites is 1. The van der Waals surface area contributed by atoms with E-state index in [2.05, 4.69) is 10.3 Å². The van der Waals surface area contributed by atoms with E-state index in [4.69, 9.17) is 0 Å². The third-order valence-electron chi connectivity index (χ3n) is 1.81. The van der Waals surface area contributed by atoms with Gasteiger partial charge in [0.25, 0.3) is 0 Å². The van der Waals surface area contributed by atoms with Crippen molar-refractivity contribution in [1.29, 1.82) is 0 Å². The number of benzene rings is 1. The SMILES string of the molecule is Fc1ccccc1NCc1cncs1. The monoisotopic (exact) mass is 208 g/mol. The molecule has 1 aromatic carbocycles. The van der Waals surface area contributed by atoms with Crippen LogP contribution in [0.4, 0.5) is 10.1 Å². The van der Waals surface area contributed by atoms with Crippen LogP contribution in [0, 0.1) is 5.82 Å². The fourth-order valence-electron chi connectivity index (χ4n) is 1.12. The van der Waals surface area contributed by atoms with Gasteiger partial charge in [0, 0.05) is 11.1 Å². The Bertz CT molecular complexity index is 400. The highest BCUT2D eigenvalue weighted by molar-refractivity contribution is 7.09. The van der Waals surface area contributed by atoms with E-state index in [1.165, 1.54) is 6.07 Å². The predicted octanol–water partition coefficient (Wildman–Crippen LogP) is 2.89. The molecule has 14 heavy (non-hydrogen) atoms. The van der Waals surface area contributed by atoms with Crippen molar-refractivity contribution in [3.63, 3.8) is 0 Å². The molecule has 0 spiro atoms. The molecule has 2 nitrogen and oxygen atoms in total. The molecule has 0 unspecified atom stereocenters. The van der Waals surface area contributed by atoms with Gasteiger partial charge in [-0.1, -0.05) is 12.1 Å². The normalized spacial score (nSPS) is 10.1. The largest absolute Gasteiger partial charge is 0.378 e. The number of hydrogen-bond donors (Lipinski definition) is 1. The van der Waals surface area contributed by atoms with Crippen molar-refractivity contribution in [2.45, 2.75) is 6.54 Å². The fourth-order valence-corrected chi connectivity index (χ4v) is 1.65. The average molecular weight is 208 g/mol. The zero-order valence-electron chi connectivity index (χ0n) is 7.40. The van der Waals surface area contributed by atoms with Crippen LogP contribution in [-0.2, 0) is 6.54 Å². The van der Waals surface area contributed by atoms with E-state index in [9.17, 15) is 4.39 Å². The van der Waals surface area contributed by atoms with Gasteiger partial charge in [-0.2, -0.15) is 0 Å². The van der Waals surface area contributed by atoms with Gasteiger partial charge in [-0.15, -0.1) is 11.3 Å². The van der Waals surface area contributed by atoms with Crippen molar-refractivity contribution in [3.05, 3.63) is 46.7 Å². The van der Waals surface area contributed by atoms with Crippen molar-refractivity contribution in [2.75, 3.05) is 5.32 Å². The number of thiazole rings is 1. The van der Waals surface area contributed by atoms with Crippen LogP contribution in [0.2, 0.25) is 0 Å². The molecule has 0 aliphatic carbocycles. The number of halogens is 1. The molecule has 4 heteroatoms. The lowest BCUT2D eigenvalue weighted by Gasteiger charge is -2.04. The fraction of sp³-hybridized carbons (Fsp3) is 0.100. The third kappa shape index (κ3) is 2.09. The first-order valence-electron chi connectivity index (χ1n) is 4.22. The molecule has 0 aliphatic heterocycles. The van der Waals surface area contributed by atoms with Crippen LogP contribution in [0.1, 0.15) is 4.88 Å². The van der Waals surface area contributed by atoms with Gasteiger partial charge in [0.2, 0.25) is 0 Å². The summed E-state index contributed by atoms with van der Waals surface area (Å²) >= 11 is 1.55. The summed E-state index contributed by atoms with van der Waals surface area (Å²) in [4.78, 5) is 5.03. The van der Waals surface area contributed by atoms with E-state index in [1.54, 1.807) is 41.2 Å². The number of hydrogen-bond acceptors (Lipinski definition) is 3. The Morgan fingerprint density at radius 2 is 2.21 bits per heavy atom. The minimum atomic E-state index is -0.225. The van der Waals surface area contributed by atoms with Gasteiger partial charge in [-0.3, -0.25) is 4.98 Å². The van der Waals surface area contributed by atoms with Crippen LogP contribution in [0.25, 0.3) is 0 Å². The molecular weight excluding hydrogens is 199 g/mol. The van der Waals surface area contributed by atoms with Gasteiger partial charge < -0.3 is 5.32 Å². The van der Waals surface area contributed by atoms with Gasteiger partial charge in [-0.05, 0) is 12.1 Å². The summed E-state index contributed by atoms with van der Waals surface area (Å²) in [5.74, 6) is -0.225. The second-order valence-corrected chi connectivity index (χ2v) is 3.77. The summed E-state index contributed by atoms with van der Waals surface area (Å²) in [5, 5.41) is 3.01. The zero-order chi connectivity index (χ0) is 9.80. The lowest BCUT2D eigenvalue weighted by Crippen LogP contribution is -1.99. The Kier molecular flexibility index (Phi) is 2.74. The highest BCUT2D eigenvalue weighted by Gasteiger charge is 1.99. The highest BCUT2D eigenvalue weighted by atomic mass is 32.1. The molecular formula is C10H9FN2S. The first-order valence-corrected chi connectivity index (χ1v) is 5.10. The quantitative estimate of drug-likeness (QED) is 0.838. The molecule has 0 aliphatic rings. The Labute approximate surface area is 85.4 Å². The number of nitrogens with one attached hydrogen (secondary N) is 1. The first kappa shape index (κ1) is 9.15. The topological polar surface area (TPSA) is 24.9 Å². The van der Waals surface area contributed by atoms with E-state index in [0.717, 1.165) is 4.88 Å². The second kappa shape index (κ2) is 4.19. The zero-order valence-corrected chi connectivity index (χ0v) is 8.22. The van der Waals surface area contributed by atoms with Crippen LogP contribution < -0.4 is 5.32 Å². The van der Waals surface area contributed by atoms with Crippen molar-refractivity contribution in [3.8, 4) is 0 Å². The van der Waals surface area contributed by atoms with E-state index >= 15 is 0 Å². The molecule has 0 fully saturated rings. The van der Waals surface area contributed by atoms with Gasteiger partial charge in [0.1, 0.15) is 5.82 Å². The standard InChI is InChI=1S/C10H9FN2S/c11-9-3-1-2-4-10(9)13-6-8-5-12-7-14-8/h1-5,7,13H,6H2. The Morgan fingerprint density at radius 3 is 2.93 bits per heavy atom. The van der Waals surface area contributed by atoms with Gasteiger partial charge in [-0.25, -0.2) is 4.39 Å². The molecule has 1 aromatic heterocycles. The number of anilines is 1.